The second-order valence-corrected chi connectivity index (χ2v) is 45.4. The Bertz CT molecular complexity index is 5910. The molecule has 2 unspecified atom stereocenters. The number of likely N-dealkylation sites (tertiary alicyclic amines) is 6. The van der Waals surface area contributed by atoms with E-state index in [-0.39, 0.29) is 130 Å². The molecule has 2 bridgehead atoms. The molecular formula is C99H135N21O13S5. The summed E-state index contributed by atoms with van der Waals surface area (Å²) in [5.74, 6) is 1.69. The van der Waals surface area contributed by atoms with Gasteiger partial charge in [0.2, 0.25) is 10.0 Å². The Kier molecular flexibility index (Phi) is 32.6. The highest BCUT2D eigenvalue weighted by Gasteiger charge is 2.52. The molecule has 10 aliphatic rings. The molecule has 8 aromatic rings. The Labute approximate surface area is 825 Å². The summed E-state index contributed by atoms with van der Waals surface area (Å²) in [6, 6.07) is 9.22. The van der Waals surface area contributed by atoms with Crippen LogP contribution >= 0.6 is 45.3 Å². The lowest BCUT2D eigenvalue weighted by Gasteiger charge is -2.54. The molecule has 10 fully saturated rings. The largest absolute Gasteiger partial charge is 0.391 e. The van der Waals surface area contributed by atoms with Gasteiger partial charge in [-0.05, 0) is 232 Å². The van der Waals surface area contributed by atoms with Crippen LogP contribution in [0, 0.1) is 33.1 Å². The molecule has 744 valence electrons. The first kappa shape index (κ1) is 102. The number of sulfonamides is 1. The number of ether oxygens (including phenoxy) is 2. The van der Waals surface area contributed by atoms with Crippen molar-refractivity contribution in [1.82, 2.24) is 84.2 Å². The highest BCUT2D eigenvalue weighted by atomic mass is 32.2. The Morgan fingerprint density at radius 3 is 1.01 bits per heavy atom. The first-order valence-electron chi connectivity index (χ1n) is 49.2. The van der Waals surface area contributed by atoms with Crippen LogP contribution in [0.1, 0.15) is 289 Å². The van der Waals surface area contributed by atoms with E-state index < -0.39 is 22.0 Å². The third-order valence-corrected chi connectivity index (χ3v) is 34.0. The third-order valence-electron chi connectivity index (χ3n) is 28.5. The molecule has 1 aliphatic carbocycles. The molecule has 12 atom stereocenters. The number of carbonyl (C=O) groups excluding carboxylic acids is 8. The van der Waals surface area contributed by atoms with Gasteiger partial charge in [0, 0.05) is 161 Å². The quantitative estimate of drug-likeness (QED) is 0.0251. The van der Waals surface area contributed by atoms with Crippen LogP contribution in [0.3, 0.4) is 0 Å². The molecule has 8 aromatic heterocycles. The number of hydrogen-bond donors (Lipinski definition) is 7. The minimum Gasteiger partial charge on any atom is -0.391 e. The molecule has 17 heterocycles. The predicted octanol–water partition coefficient (Wildman–Crippen LogP) is 14.5. The molecule has 8 amide bonds. The van der Waals surface area contributed by atoms with Crippen LogP contribution in [0.4, 0.5) is 23.3 Å². The summed E-state index contributed by atoms with van der Waals surface area (Å²) in [5, 5.41) is 30.3. The minimum atomic E-state index is -3.28. The fourth-order valence-corrected chi connectivity index (χ4v) is 24.0. The normalized spacial score (nSPS) is 22.3. The Balaban J connectivity index is 0.000000140. The molecule has 0 aromatic carbocycles. The predicted molar refractivity (Wildman–Crippen MR) is 540 cm³/mol. The van der Waals surface area contributed by atoms with Gasteiger partial charge >= 0.3 is 0 Å². The second-order valence-electron chi connectivity index (χ2n) is 39.4. The maximum atomic E-state index is 13.6. The number of hydrogen-bond acceptors (Lipinski definition) is 29. The smallest absolute Gasteiger partial charge is 0.283 e. The van der Waals surface area contributed by atoms with Crippen LogP contribution in [0.25, 0.3) is 41.8 Å². The number of aliphatic hydroxyl groups excluding tert-OH is 1. The summed E-state index contributed by atoms with van der Waals surface area (Å²) in [5.41, 5.74) is 8.63. The van der Waals surface area contributed by atoms with E-state index in [1.807, 2.05) is 95.2 Å². The Morgan fingerprint density at radius 2 is 0.746 bits per heavy atom. The summed E-state index contributed by atoms with van der Waals surface area (Å²) in [6.07, 6.45) is 23.1. The summed E-state index contributed by atoms with van der Waals surface area (Å²) < 4.78 is 35.8. The molecular weight excluding hydrogens is 1850 g/mol. The van der Waals surface area contributed by atoms with E-state index in [1.165, 1.54) is 49.7 Å². The third kappa shape index (κ3) is 23.0. The molecule has 138 heavy (non-hydrogen) atoms. The van der Waals surface area contributed by atoms with Gasteiger partial charge in [-0.1, -0.05) is 27.7 Å². The number of aliphatic hydroxyl groups is 1. The van der Waals surface area contributed by atoms with E-state index in [2.05, 4.69) is 141 Å². The number of anilines is 4. The van der Waals surface area contributed by atoms with Crippen molar-refractivity contribution in [2.75, 3.05) is 106 Å². The van der Waals surface area contributed by atoms with Gasteiger partial charge in [0.25, 0.3) is 47.3 Å². The van der Waals surface area contributed by atoms with Gasteiger partial charge in [0.1, 0.15) is 46.0 Å². The summed E-state index contributed by atoms with van der Waals surface area (Å²) >= 11 is 5.00. The van der Waals surface area contributed by atoms with Crippen LogP contribution < -0.4 is 31.9 Å². The molecule has 1 saturated carbocycles. The highest BCUT2D eigenvalue weighted by molar-refractivity contribution is 7.88. The maximum Gasteiger partial charge on any atom is 0.283 e. The Morgan fingerprint density at radius 1 is 0.435 bits per heavy atom. The van der Waals surface area contributed by atoms with E-state index in [9.17, 15) is 51.9 Å². The molecule has 0 radical (unpaired) electrons. The number of fused-ring (bicyclic) bond motifs is 2. The van der Waals surface area contributed by atoms with E-state index in [4.69, 9.17) is 9.47 Å². The van der Waals surface area contributed by atoms with Gasteiger partial charge in [-0.15, -0.1) is 45.3 Å². The SMILES string of the molecule is CC[C@@H](C)Nc1cc(C)c(-c2sc(C(=O)N3CC4(COC4)C3)nc2C(=O)N2CCC[C@@H]2C)cn1.CC[C@@H](C)Nc1cc(C)c(-c2sc(C(=O)N3CC4CCC(C3)O4)nc2C(=O)N2CCC[C@@H]2C)cn1.CC[C@@H](C)Nc1cc(C)c(-c2sc(C(=O)NC3CN(S(C)(=O)=O)C3)nc2C(=O)N2CCC[C@@H]2C)cn1.CC[C@@H](C)Nc1cc(C)c(-c2sc(C(=O)N[C@H]3CC[C@H]3O)nc2C(=O)N2CCC[C@@H]2C)cn1. The fraction of sp³-hybridized carbons (Fsp3) is 0.596. The number of nitrogens with zero attached hydrogens (tertiary/aromatic N) is 15. The van der Waals surface area contributed by atoms with Crippen molar-refractivity contribution in [3.8, 4) is 41.8 Å². The van der Waals surface area contributed by atoms with Gasteiger partial charge in [0.05, 0.1) is 74.8 Å². The zero-order chi connectivity index (χ0) is 98.6. The summed E-state index contributed by atoms with van der Waals surface area (Å²) in [6.45, 7) is 40.4. The lowest BCUT2D eigenvalue weighted by Crippen LogP contribution is -2.67. The number of amides is 8. The topological polar surface area (TPSA) is 407 Å². The minimum absolute atomic E-state index is 0.0935. The zero-order valence-corrected chi connectivity index (χ0v) is 86.6. The van der Waals surface area contributed by atoms with Crippen molar-refractivity contribution in [2.24, 2.45) is 5.41 Å². The van der Waals surface area contributed by atoms with Crippen molar-refractivity contribution in [2.45, 2.75) is 292 Å². The molecule has 7 N–H and O–H groups in total. The number of morpholine rings is 1. The van der Waals surface area contributed by atoms with Gasteiger partial charge in [0.15, 0.2) is 20.0 Å². The molecule has 39 heteroatoms. The fourth-order valence-electron chi connectivity index (χ4n) is 18.8. The van der Waals surface area contributed by atoms with Crippen molar-refractivity contribution in [3.63, 3.8) is 0 Å². The van der Waals surface area contributed by atoms with Crippen LogP contribution in [0.5, 0.6) is 0 Å². The molecule has 9 saturated heterocycles. The van der Waals surface area contributed by atoms with Crippen molar-refractivity contribution in [3.05, 3.63) is 114 Å². The van der Waals surface area contributed by atoms with E-state index in [0.717, 1.165) is 206 Å². The lowest BCUT2D eigenvalue weighted by atomic mass is 9.78. The van der Waals surface area contributed by atoms with Gasteiger partial charge < -0.3 is 75.9 Å². The number of aryl methyl sites for hydroxylation is 4. The van der Waals surface area contributed by atoms with Crippen molar-refractivity contribution < 1.29 is 61.4 Å². The average molecular weight is 1990 g/mol. The second kappa shape index (κ2) is 43.9. The zero-order valence-electron chi connectivity index (χ0n) is 82.5. The number of aromatic nitrogens is 8. The molecule has 1 spiro atoms. The van der Waals surface area contributed by atoms with Crippen LogP contribution in [-0.2, 0) is 19.5 Å². The number of thiazole rings is 4. The van der Waals surface area contributed by atoms with Crippen LogP contribution in [0.15, 0.2) is 49.1 Å². The molecule has 18 rings (SSSR count). The monoisotopic (exact) mass is 1990 g/mol. The standard InChI is InChI=1S/C26H35N5O3S.C25H33N5O3S.C24H34N6O4S2.C24H33N5O3S/c1-5-16(3)28-21-11-15(2)20(12-27-21)23-22(25(32)31-10-6-7-17(31)4)29-24(35-23)26(33)30-13-18-8-9-19(14-30)34-18;1-5-16(3)27-19-9-15(2)18(10-26-19)21-20(23(31)30-8-6-7-17(30)4)28-22(34-21)24(32)29-11-25(12-29)13-33-14-25;1-6-15(3)26-19-10-14(2)18(11-25-19)21-20(24(32)30-9-7-8-16(30)4)28-23(35-21)22(31)27-17-12-29(13-17)36(5,33)34;1-5-14(3)26-19-11-13(2)16(12-25-19)21-20(24(32)29-10-6-7-15(29)4)28-23(33-21)22(31)27-17-8-9-18(17)30/h11-12,16-19H,5-10,13-14H2,1-4H3,(H,27,28);9-10,16-17H,5-8,11-14H2,1-4H3,(H,26,27);10-11,15-17H,6-9,12-13H2,1-5H3,(H,25,26)(H,27,31);11-12,14-15,17-18,30H,5-10H2,1-4H3,(H,25,26)(H,27,31)/t16-,17+,18?,19?;16-,17+;15-,16+;14-,15+,17+,18-/m1111/s1. The first-order chi connectivity index (χ1) is 65.9. The average Bonchev–Trinajstić information content (AvgIpc) is 1.65. The lowest BCUT2D eigenvalue weighted by molar-refractivity contribution is -0.176. The number of nitrogens with one attached hydrogen (secondary N) is 6. The van der Waals surface area contributed by atoms with Crippen molar-refractivity contribution >= 4 is 126 Å². The molecule has 34 nitrogen and oxygen atoms in total. The first-order valence-corrected chi connectivity index (χ1v) is 54.3. The Hall–Kier alpha value is -10.1. The number of carbonyl (C=O) groups is 8. The maximum absolute atomic E-state index is 13.6. The van der Waals surface area contributed by atoms with E-state index in [0.29, 0.717) is 101 Å². The van der Waals surface area contributed by atoms with Crippen LogP contribution in [0.2, 0.25) is 0 Å². The van der Waals surface area contributed by atoms with Gasteiger partial charge in [-0.3, -0.25) is 38.4 Å². The molecule has 9 aliphatic heterocycles. The van der Waals surface area contributed by atoms with E-state index in [1.54, 1.807) is 24.8 Å². The summed E-state index contributed by atoms with van der Waals surface area (Å²) in [7, 11) is -3.28. The highest BCUT2D eigenvalue weighted by Crippen LogP contribution is 2.44. The summed E-state index contributed by atoms with van der Waals surface area (Å²) in [4.78, 5) is 157. The van der Waals surface area contributed by atoms with E-state index >= 15 is 0 Å². The number of pyridine rings is 4. The number of rotatable bonds is 27. The van der Waals surface area contributed by atoms with Crippen LogP contribution in [-0.4, -0.2) is 298 Å². The van der Waals surface area contributed by atoms with Gasteiger partial charge in [-0.2, -0.15) is 4.31 Å². The van der Waals surface area contributed by atoms with Crippen molar-refractivity contribution in [1.29, 1.82) is 0 Å². The van der Waals surface area contributed by atoms with Gasteiger partial charge in [-0.25, -0.2) is 48.3 Å².